The standard InChI is InChI=1S/C25H31N3O2/c1-26(2)23-12-5-3-9-20(23)10-7-8-14-28-19-22(21-11-4-6-13-24(21)28)25(29)27-15-17-30-18-16-27/h3-6,9,11-13,19H,7-8,10,14-18H2,1-2H3. The molecule has 1 aliphatic rings. The summed E-state index contributed by atoms with van der Waals surface area (Å²) >= 11 is 0. The van der Waals surface area contributed by atoms with Crippen LogP contribution in [0.3, 0.4) is 0 Å². The number of carbonyl (C=O) groups is 1. The lowest BCUT2D eigenvalue weighted by molar-refractivity contribution is 0.0304. The van der Waals surface area contributed by atoms with E-state index in [1.54, 1.807) is 0 Å². The minimum atomic E-state index is 0.119. The van der Waals surface area contributed by atoms with Crippen molar-refractivity contribution in [2.45, 2.75) is 25.8 Å². The third-order valence-electron chi connectivity index (χ3n) is 5.89. The molecule has 1 fully saturated rings. The Labute approximate surface area is 178 Å². The van der Waals surface area contributed by atoms with Gasteiger partial charge in [-0.3, -0.25) is 4.79 Å². The van der Waals surface area contributed by atoms with Gasteiger partial charge in [0.15, 0.2) is 0 Å². The summed E-state index contributed by atoms with van der Waals surface area (Å²) in [7, 11) is 4.19. The average Bonchev–Trinajstić information content (AvgIpc) is 3.15. The smallest absolute Gasteiger partial charge is 0.256 e. The zero-order valence-corrected chi connectivity index (χ0v) is 18.0. The lowest BCUT2D eigenvalue weighted by atomic mass is 10.1. The lowest BCUT2D eigenvalue weighted by Gasteiger charge is -2.26. The van der Waals surface area contributed by atoms with Gasteiger partial charge in [-0.25, -0.2) is 0 Å². The number of aryl methyl sites for hydroxylation is 2. The van der Waals surface area contributed by atoms with Gasteiger partial charge in [-0.05, 0) is 37.0 Å². The maximum absolute atomic E-state index is 13.1. The number of rotatable bonds is 7. The number of benzene rings is 2. The number of fused-ring (bicyclic) bond motifs is 1. The third-order valence-corrected chi connectivity index (χ3v) is 5.89. The normalized spacial score (nSPS) is 14.3. The molecule has 0 spiro atoms. The first-order chi connectivity index (χ1) is 14.6. The molecule has 3 aromatic rings. The number of hydrogen-bond donors (Lipinski definition) is 0. The number of para-hydroxylation sites is 2. The SMILES string of the molecule is CN(C)c1ccccc1CCCCn1cc(C(=O)N2CCOCC2)c2ccccc21. The number of carbonyl (C=O) groups excluding carboxylic acids is 1. The van der Waals surface area contributed by atoms with Crippen LogP contribution < -0.4 is 4.90 Å². The average molecular weight is 406 g/mol. The van der Waals surface area contributed by atoms with Crippen LogP contribution in [0.25, 0.3) is 10.9 Å². The fourth-order valence-corrected chi connectivity index (χ4v) is 4.30. The van der Waals surface area contributed by atoms with Crippen molar-refractivity contribution in [1.82, 2.24) is 9.47 Å². The van der Waals surface area contributed by atoms with Crippen LogP contribution in [0, 0.1) is 0 Å². The summed E-state index contributed by atoms with van der Waals surface area (Å²) in [5.41, 5.74) is 4.64. The fourth-order valence-electron chi connectivity index (χ4n) is 4.30. The van der Waals surface area contributed by atoms with Gasteiger partial charge in [0.05, 0.1) is 18.8 Å². The molecule has 0 unspecified atom stereocenters. The summed E-state index contributed by atoms with van der Waals surface area (Å²) in [5, 5.41) is 1.05. The molecule has 2 aromatic carbocycles. The minimum Gasteiger partial charge on any atom is -0.378 e. The highest BCUT2D eigenvalue weighted by atomic mass is 16.5. The molecule has 1 amide bonds. The molecule has 0 N–H and O–H groups in total. The van der Waals surface area contributed by atoms with Gasteiger partial charge in [0.25, 0.3) is 5.91 Å². The van der Waals surface area contributed by atoms with E-state index in [4.69, 9.17) is 4.74 Å². The number of unbranched alkanes of at least 4 members (excludes halogenated alkanes) is 1. The number of ether oxygens (including phenoxy) is 1. The first kappa shape index (κ1) is 20.5. The maximum Gasteiger partial charge on any atom is 0.256 e. The van der Waals surface area contributed by atoms with Gasteiger partial charge in [0, 0.05) is 56.5 Å². The Morgan fingerprint density at radius 3 is 2.53 bits per heavy atom. The number of aromatic nitrogens is 1. The van der Waals surface area contributed by atoms with Gasteiger partial charge in [-0.1, -0.05) is 36.4 Å². The number of hydrogen-bond acceptors (Lipinski definition) is 3. The van der Waals surface area contributed by atoms with Gasteiger partial charge in [-0.15, -0.1) is 0 Å². The molecule has 5 heteroatoms. The lowest BCUT2D eigenvalue weighted by Crippen LogP contribution is -2.40. The summed E-state index contributed by atoms with van der Waals surface area (Å²) in [6.07, 6.45) is 5.30. The van der Waals surface area contributed by atoms with E-state index >= 15 is 0 Å². The van der Waals surface area contributed by atoms with Gasteiger partial charge in [0.1, 0.15) is 0 Å². The summed E-state index contributed by atoms with van der Waals surface area (Å²) in [6, 6.07) is 16.9. The van der Waals surface area contributed by atoms with Crippen LogP contribution >= 0.6 is 0 Å². The first-order valence-electron chi connectivity index (χ1n) is 10.9. The molecule has 4 rings (SSSR count). The molecule has 0 bridgehead atoms. The van der Waals surface area contributed by atoms with Crippen molar-refractivity contribution in [2.75, 3.05) is 45.3 Å². The van der Waals surface area contributed by atoms with Crippen molar-refractivity contribution < 1.29 is 9.53 Å². The Morgan fingerprint density at radius 2 is 1.73 bits per heavy atom. The molecule has 2 heterocycles. The molecule has 1 saturated heterocycles. The second kappa shape index (κ2) is 9.35. The predicted molar refractivity (Wildman–Crippen MR) is 122 cm³/mol. The van der Waals surface area contributed by atoms with E-state index in [-0.39, 0.29) is 5.91 Å². The van der Waals surface area contributed by atoms with Crippen molar-refractivity contribution >= 4 is 22.5 Å². The number of morpholine rings is 1. The van der Waals surface area contributed by atoms with E-state index in [9.17, 15) is 4.79 Å². The summed E-state index contributed by atoms with van der Waals surface area (Å²) in [4.78, 5) is 17.2. The van der Waals surface area contributed by atoms with Crippen molar-refractivity contribution in [3.63, 3.8) is 0 Å². The largest absolute Gasteiger partial charge is 0.378 e. The van der Waals surface area contributed by atoms with Crippen molar-refractivity contribution in [2.24, 2.45) is 0 Å². The van der Waals surface area contributed by atoms with E-state index in [0.29, 0.717) is 26.3 Å². The molecule has 1 aliphatic heterocycles. The van der Waals surface area contributed by atoms with Crippen LogP contribution in [-0.4, -0.2) is 55.8 Å². The highest BCUT2D eigenvalue weighted by Gasteiger charge is 2.22. The fraction of sp³-hybridized carbons (Fsp3) is 0.400. The zero-order chi connectivity index (χ0) is 20.9. The molecule has 0 aliphatic carbocycles. The van der Waals surface area contributed by atoms with Crippen LogP contribution in [0.4, 0.5) is 5.69 Å². The number of anilines is 1. The molecule has 0 atom stereocenters. The molecular formula is C25H31N3O2. The minimum absolute atomic E-state index is 0.119. The van der Waals surface area contributed by atoms with E-state index in [1.807, 2.05) is 11.0 Å². The van der Waals surface area contributed by atoms with Crippen LogP contribution in [0.15, 0.2) is 54.7 Å². The van der Waals surface area contributed by atoms with E-state index in [0.717, 1.165) is 42.3 Å². The quantitative estimate of drug-likeness (QED) is 0.553. The molecule has 158 valence electrons. The predicted octanol–water partition coefficient (Wildman–Crippen LogP) is 4.20. The topological polar surface area (TPSA) is 37.7 Å². The van der Waals surface area contributed by atoms with Gasteiger partial charge in [0.2, 0.25) is 0 Å². The van der Waals surface area contributed by atoms with Crippen LogP contribution in [0.1, 0.15) is 28.8 Å². The van der Waals surface area contributed by atoms with Crippen LogP contribution in [-0.2, 0) is 17.7 Å². The molecule has 0 saturated carbocycles. The van der Waals surface area contributed by atoms with Crippen molar-refractivity contribution in [3.8, 4) is 0 Å². The Kier molecular flexibility index (Phi) is 6.38. The van der Waals surface area contributed by atoms with E-state index in [1.165, 1.54) is 11.3 Å². The molecule has 30 heavy (non-hydrogen) atoms. The van der Waals surface area contributed by atoms with E-state index in [2.05, 4.69) is 72.2 Å². The summed E-state index contributed by atoms with van der Waals surface area (Å²) < 4.78 is 7.65. The highest BCUT2D eigenvalue weighted by molar-refractivity contribution is 6.07. The Bertz CT molecular complexity index is 1000. The number of nitrogens with zero attached hydrogens (tertiary/aromatic N) is 3. The first-order valence-corrected chi connectivity index (χ1v) is 10.9. The van der Waals surface area contributed by atoms with Gasteiger partial charge in [-0.2, -0.15) is 0 Å². The molecular weight excluding hydrogens is 374 g/mol. The molecule has 1 aromatic heterocycles. The molecule has 0 radical (unpaired) electrons. The second-order valence-corrected chi connectivity index (χ2v) is 8.14. The van der Waals surface area contributed by atoms with Crippen LogP contribution in [0.5, 0.6) is 0 Å². The van der Waals surface area contributed by atoms with Crippen LogP contribution in [0.2, 0.25) is 0 Å². The van der Waals surface area contributed by atoms with E-state index < -0.39 is 0 Å². The molecule has 5 nitrogen and oxygen atoms in total. The Balaban J connectivity index is 1.45. The third kappa shape index (κ3) is 4.36. The van der Waals surface area contributed by atoms with Gasteiger partial charge < -0.3 is 19.1 Å². The van der Waals surface area contributed by atoms with Crippen molar-refractivity contribution in [1.29, 1.82) is 0 Å². The maximum atomic E-state index is 13.1. The monoisotopic (exact) mass is 405 g/mol. The highest BCUT2D eigenvalue weighted by Crippen LogP contribution is 2.25. The Hall–Kier alpha value is -2.79. The van der Waals surface area contributed by atoms with Gasteiger partial charge >= 0.3 is 0 Å². The summed E-state index contributed by atoms with van der Waals surface area (Å²) in [6.45, 7) is 3.51. The van der Waals surface area contributed by atoms with Crippen molar-refractivity contribution in [3.05, 3.63) is 65.9 Å². The second-order valence-electron chi connectivity index (χ2n) is 8.14. The zero-order valence-electron chi connectivity index (χ0n) is 18.0. The number of amides is 1. The Morgan fingerprint density at radius 1 is 1.00 bits per heavy atom. The summed E-state index contributed by atoms with van der Waals surface area (Å²) in [5.74, 6) is 0.119.